The first-order valence-corrected chi connectivity index (χ1v) is 7.92. The minimum absolute atomic E-state index is 0.261. The van der Waals surface area contributed by atoms with Gasteiger partial charge in [0.1, 0.15) is 5.75 Å². The van der Waals surface area contributed by atoms with Gasteiger partial charge in [-0.15, -0.1) is 0 Å². The van der Waals surface area contributed by atoms with E-state index in [1.165, 1.54) is 0 Å². The van der Waals surface area contributed by atoms with Gasteiger partial charge in [-0.1, -0.05) is 12.1 Å². The third kappa shape index (κ3) is 3.33. The summed E-state index contributed by atoms with van der Waals surface area (Å²) >= 11 is 0. The van der Waals surface area contributed by atoms with Crippen LogP contribution in [0.3, 0.4) is 0 Å². The van der Waals surface area contributed by atoms with Gasteiger partial charge in [-0.2, -0.15) is 0 Å². The van der Waals surface area contributed by atoms with E-state index in [4.69, 9.17) is 14.2 Å². The first-order valence-electron chi connectivity index (χ1n) is 7.92. The summed E-state index contributed by atoms with van der Waals surface area (Å²) in [7, 11) is 1.66. The second kappa shape index (κ2) is 6.68. The van der Waals surface area contributed by atoms with E-state index in [0.717, 1.165) is 34.1 Å². The Morgan fingerprint density at radius 2 is 1.88 bits per heavy atom. The number of hydrogen-bond donors (Lipinski definition) is 1. The molecule has 2 aromatic carbocycles. The minimum atomic E-state index is 0.261. The van der Waals surface area contributed by atoms with Crippen molar-refractivity contribution in [1.29, 1.82) is 0 Å². The Bertz CT molecular complexity index is 881. The van der Waals surface area contributed by atoms with Crippen molar-refractivity contribution in [2.24, 2.45) is 0 Å². The van der Waals surface area contributed by atoms with Gasteiger partial charge in [-0.3, -0.25) is 0 Å². The lowest BCUT2D eigenvalue weighted by molar-refractivity contribution is 0.174. The van der Waals surface area contributed by atoms with E-state index in [1.54, 1.807) is 13.3 Å². The van der Waals surface area contributed by atoms with E-state index in [-0.39, 0.29) is 6.79 Å². The molecule has 3 aromatic rings. The smallest absolute Gasteiger partial charge is 0.231 e. The lowest BCUT2D eigenvalue weighted by Gasteiger charge is -2.08. The Morgan fingerprint density at radius 1 is 1.04 bits per heavy atom. The van der Waals surface area contributed by atoms with Crippen molar-refractivity contribution in [2.45, 2.75) is 6.54 Å². The minimum Gasteiger partial charge on any atom is -0.497 e. The van der Waals surface area contributed by atoms with Gasteiger partial charge in [0, 0.05) is 18.3 Å². The normalized spacial score (nSPS) is 12.0. The number of anilines is 1. The van der Waals surface area contributed by atoms with Crippen molar-refractivity contribution < 1.29 is 14.2 Å². The second-order valence-corrected chi connectivity index (χ2v) is 5.54. The number of fused-ring (bicyclic) bond motifs is 1. The van der Waals surface area contributed by atoms with Crippen molar-refractivity contribution in [1.82, 2.24) is 9.97 Å². The molecule has 25 heavy (non-hydrogen) atoms. The molecule has 1 aromatic heterocycles. The zero-order chi connectivity index (χ0) is 17.1. The molecule has 4 rings (SSSR count). The van der Waals surface area contributed by atoms with Crippen molar-refractivity contribution in [3.05, 3.63) is 60.3 Å². The summed E-state index contributed by atoms with van der Waals surface area (Å²) in [5.41, 5.74) is 2.91. The molecule has 0 saturated heterocycles. The number of nitrogens with one attached hydrogen (secondary N) is 1. The lowest BCUT2D eigenvalue weighted by Crippen LogP contribution is -2.03. The summed E-state index contributed by atoms with van der Waals surface area (Å²) in [5, 5.41) is 3.24. The van der Waals surface area contributed by atoms with Crippen LogP contribution in [0.25, 0.3) is 11.3 Å². The third-order valence-corrected chi connectivity index (χ3v) is 3.93. The Balaban J connectivity index is 1.49. The zero-order valence-corrected chi connectivity index (χ0v) is 13.7. The SMILES string of the molecule is COc1ccc(CNc2nccc(-c3ccc4c(c3)OCO4)n2)cc1. The van der Waals surface area contributed by atoms with Gasteiger partial charge in [0.15, 0.2) is 11.5 Å². The largest absolute Gasteiger partial charge is 0.497 e. The van der Waals surface area contributed by atoms with Gasteiger partial charge in [-0.25, -0.2) is 9.97 Å². The van der Waals surface area contributed by atoms with E-state index in [0.29, 0.717) is 12.5 Å². The molecule has 0 saturated carbocycles. The molecule has 0 amide bonds. The van der Waals surface area contributed by atoms with Gasteiger partial charge in [0.25, 0.3) is 0 Å². The molecule has 126 valence electrons. The molecule has 6 nitrogen and oxygen atoms in total. The Kier molecular flexibility index (Phi) is 4.08. The predicted octanol–water partition coefficient (Wildman–Crippen LogP) is 3.49. The highest BCUT2D eigenvalue weighted by atomic mass is 16.7. The average molecular weight is 335 g/mol. The Morgan fingerprint density at radius 3 is 2.72 bits per heavy atom. The molecular weight excluding hydrogens is 318 g/mol. The summed E-state index contributed by atoms with van der Waals surface area (Å²) in [6.45, 7) is 0.895. The molecule has 0 fully saturated rings. The topological polar surface area (TPSA) is 65.5 Å². The number of benzene rings is 2. The van der Waals surface area contributed by atoms with Crippen LogP contribution >= 0.6 is 0 Å². The molecule has 0 bridgehead atoms. The highest BCUT2D eigenvalue weighted by Gasteiger charge is 2.14. The van der Waals surface area contributed by atoms with Crippen LogP contribution in [0, 0.1) is 0 Å². The first kappa shape index (κ1) is 15.3. The van der Waals surface area contributed by atoms with Gasteiger partial charge < -0.3 is 19.5 Å². The number of hydrogen-bond acceptors (Lipinski definition) is 6. The fourth-order valence-corrected chi connectivity index (χ4v) is 2.59. The molecule has 1 aliphatic rings. The van der Waals surface area contributed by atoms with E-state index in [2.05, 4.69) is 15.3 Å². The van der Waals surface area contributed by atoms with Crippen LogP contribution in [-0.4, -0.2) is 23.9 Å². The highest BCUT2D eigenvalue weighted by Crippen LogP contribution is 2.35. The average Bonchev–Trinajstić information content (AvgIpc) is 3.15. The quantitative estimate of drug-likeness (QED) is 0.770. The molecule has 1 aliphatic heterocycles. The summed E-state index contributed by atoms with van der Waals surface area (Å²) < 4.78 is 15.9. The lowest BCUT2D eigenvalue weighted by atomic mass is 10.1. The maximum absolute atomic E-state index is 5.42. The van der Waals surface area contributed by atoms with Crippen LogP contribution in [0.1, 0.15) is 5.56 Å². The monoisotopic (exact) mass is 335 g/mol. The van der Waals surface area contributed by atoms with Crippen LogP contribution in [0.2, 0.25) is 0 Å². The van der Waals surface area contributed by atoms with E-state index < -0.39 is 0 Å². The van der Waals surface area contributed by atoms with E-state index in [1.807, 2.05) is 48.5 Å². The maximum Gasteiger partial charge on any atom is 0.231 e. The first-order chi connectivity index (χ1) is 12.3. The van der Waals surface area contributed by atoms with E-state index >= 15 is 0 Å². The number of nitrogens with zero attached hydrogens (tertiary/aromatic N) is 2. The van der Waals surface area contributed by atoms with E-state index in [9.17, 15) is 0 Å². The molecule has 6 heteroatoms. The number of methoxy groups -OCH3 is 1. The standard InChI is InChI=1S/C19H17N3O3/c1-23-15-5-2-13(3-6-15)11-21-19-20-9-8-16(22-19)14-4-7-17-18(10-14)25-12-24-17/h2-10H,11-12H2,1H3,(H,20,21,22). The summed E-state index contributed by atoms with van der Waals surface area (Å²) in [6.07, 6.45) is 1.74. The van der Waals surface area contributed by atoms with Crippen molar-refractivity contribution >= 4 is 5.95 Å². The molecule has 0 unspecified atom stereocenters. The van der Waals surface area contributed by atoms with Crippen LogP contribution in [-0.2, 0) is 6.54 Å². The molecule has 0 atom stereocenters. The van der Waals surface area contributed by atoms with Crippen LogP contribution < -0.4 is 19.5 Å². The molecular formula is C19H17N3O3. The van der Waals surface area contributed by atoms with Gasteiger partial charge in [0.2, 0.25) is 12.7 Å². The van der Waals surface area contributed by atoms with Crippen molar-refractivity contribution in [3.63, 3.8) is 0 Å². The fourth-order valence-electron chi connectivity index (χ4n) is 2.59. The molecule has 2 heterocycles. The Hall–Kier alpha value is -3.28. The number of rotatable bonds is 5. The summed E-state index contributed by atoms with van der Waals surface area (Å²) in [4.78, 5) is 8.86. The molecule has 0 spiro atoms. The summed E-state index contributed by atoms with van der Waals surface area (Å²) in [6, 6.07) is 15.5. The van der Waals surface area contributed by atoms with Crippen molar-refractivity contribution in [3.8, 4) is 28.5 Å². The second-order valence-electron chi connectivity index (χ2n) is 5.54. The summed E-state index contributed by atoms with van der Waals surface area (Å²) in [5.74, 6) is 2.91. The van der Waals surface area contributed by atoms with Crippen LogP contribution in [0.15, 0.2) is 54.7 Å². The van der Waals surface area contributed by atoms with Crippen LogP contribution in [0.4, 0.5) is 5.95 Å². The van der Waals surface area contributed by atoms with Crippen LogP contribution in [0.5, 0.6) is 17.2 Å². The zero-order valence-electron chi connectivity index (χ0n) is 13.7. The fraction of sp³-hybridized carbons (Fsp3) is 0.158. The van der Waals surface area contributed by atoms with Gasteiger partial charge in [0.05, 0.1) is 12.8 Å². The molecule has 0 radical (unpaired) electrons. The molecule has 0 aliphatic carbocycles. The van der Waals surface area contributed by atoms with Gasteiger partial charge in [-0.05, 0) is 42.0 Å². The van der Waals surface area contributed by atoms with Gasteiger partial charge >= 0.3 is 0 Å². The maximum atomic E-state index is 5.42. The van der Waals surface area contributed by atoms with Crippen molar-refractivity contribution in [2.75, 3.05) is 19.2 Å². The third-order valence-electron chi connectivity index (χ3n) is 3.93. The molecule has 1 N–H and O–H groups in total. The Labute approximate surface area is 145 Å². The predicted molar refractivity (Wildman–Crippen MR) is 93.9 cm³/mol. The number of aromatic nitrogens is 2. The number of ether oxygens (including phenoxy) is 3. The highest BCUT2D eigenvalue weighted by molar-refractivity contribution is 5.65.